The van der Waals surface area contributed by atoms with Gasteiger partial charge in [0.2, 0.25) is 5.91 Å². The molecule has 0 aliphatic carbocycles. The van der Waals surface area contributed by atoms with E-state index in [9.17, 15) is 14.0 Å². The van der Waals surface area contributed by atoms with Crippen LogP contribution in [0.4, 0.5) is 20.7 Å². The number of hydrogen-bond acceptors (Lipinski definition) is 4. The lowest BCUT2D eigenvalue weighted by Gasteiger charge is -2.23. The normalized spacial score (nSPS) is 10.7. The number of halogens is 2. The zero-order valence-electron chi connectivity index (χ0n) is 22.6. The summed E-state index contributed by atoms with van der Waals surface area (Å²) < 4.78 is 20.5. The van der Waals surface area contributed by atoms with Crippen molar-refractivity contribution in [1.82, 2.24) is 14.7 Å². The fourth-order valence-electron chi connectivity index (χ4n) is 4.23. The summed E-state index contributed by atoms with van der Waals surface area (Å²) in [6.45, 7) is 4.03. The van der Waals surface area contributed by atoms with Crippen LogP contribution in [0.15, 0.2) is 72.8 Å². The Morgan fingerprint density at radius 1 is 1.05 bits per heavy atom. The van der Waals surface area contributed by atoms with Gasteiger partial charge in [-0.25, -0.2) is 13.9 Å². The van der Waals surface area contributed by atoms with Gasteiger partial charge in [0.1, 0.15) is 23.9 Å². The molecule has 0 saturated heterocycles. The number of aromatic nitrogens is 2. The molecule has 0 fully saturated rings. The summed E-state index contributed by atoms with van der Waals surface area (Å²) in [5, 5.41) is 10.3. The van der Waals surface area contributed by atoms with Crippen molar-refractivity contribution in [3.05, 3.63) is 89.3 Å². The Morgan fingerprint density at radius 3 is 2.42 bits per heavy atom. The van der Waals surface area contributed by atoms with Crippen molar-refractivity contribution in [3.63, 3.8) is 0 Å². The van der Waals surface area contributed by atoms with Gasteiger partial charge in [-0.15, -0.1) is 0 Å². The van der Waals surface area contributed by atoms with Crippen molar-refractivity contribution in [2.75, 3.05) is 30.8 Å². The first-order valence-electron chi connectivity index (χ1n) is 12.9. The topological polar surface area (TPSA) is 88.5 Å². The fraction of sp³-hybridized carbons (Fsp3) is 0.233. The summed E-state index contributed by atoms with van der Waals surface area (Å²) in [5.41, 5.74) is 3.46. The monoisotopic (exact) mass is 563 g/mol. The number of rotatable bonds is 10. The molecular weight excluding hydrogens is 533 g/mol. The van der Waals surface area contributed by atoms with Crippen molar-refractivity contribution in [2.45, 2.75) is 26.7 Å². The van der Waals surface area contributed by atoms with E-state index in [1.54, 1.807) is 11.8 Å². The highest BCUT2D eigenvalue weighted by atomic mass is 35.5. The molecule has 0 aliphatic heterocycles. The SMILES string of the molecule is CCCCN(CC(=O)Nc1c(-c2ccccc2)c(C)nn1-c1ccc(OC)cc1)C(=O)Nc1ccc(F)c(Cl)c1. The molecule has 2 N–H and O–H groups in total. The van der Waals surface area contributed by atoms with Crippen molar-refractivity contribution in [3.8, 4) is 22.6 Å². The molecule has 3 aromatic carbocycles. The minimum absolute atomic E-state index is 0.105. The number of hydrogen-bond donors (Lipinski definition) is 2. The first kappa shape index (κ1) is 28.6. The number of amides is 3. The Hall–Kier alpha value is -4.37. The highest BCUT2D eigenvalue weighted by molar-refractivity contribution is 6.31. The Bertz CT molecular complexity index is 1470. The van der Waals surface area contributed by atoms with Crippen LogP contribution in [-0.4, -0.2) is 46.8 Å². The van der Waals surface area contributed by atoms with Gasteiger partial charge >= 0.3 is 6.03 Å². The number of methoxy groups -OCH3 is 1. The second kappa shape index (κ2) is 13.1. The van der Waals surface area contributed by atoms with Gasteiger partial charge in [0, 0.05) is 17.8 Å². The molecule has 208 valence electrons. The van der Waals surface area contributed by atoms with E-state index in [0.29, 0.717) is 30.2 Å². The number of anilines is 2. The van der Waals surface area contributed by atoms with Crippen LogP contribution in [0, 0.1) is 12.7 Å². The number of nitrogens with one attached hydrogen (secondary N) is 2. The zero-order valence-corrected chi connectivity index (χ0v) is 23.3. The third-order valence-electron chi connectivity index (χ3n) is 6.27. The van der Waals surface area contributed by atoms with Crippen LogP contribution < -0.4 is 15.4 Å². The third-order valence-corrected chi connectivity index (χ3v) is 6.56. The van der Waals surface area contributed by atoms with Crippen LogP contribution in [0.5, 0.6) is 5.75 Å². The third kappa shape index (κ3) is 6.79. The lowest BCUT2D eigenvalue weighted by molar-refractivity contribution is -0.116. The maximum atomic E-state index is 13.6. The lowest BCUT2D eigenvalue weighted by atomic mass is 10.1. The number of nitrogens with zero attached hydrogens (tertiary/aromatic N) is 3. The molecule has 1 heterocycles. The first-order chi connectivity index (χ1) is 19.3. The summed E-state index contributed by atoms with van der Waals surface area (Å²) in [6, 6.07) is 20.4. The Morgan fingerprint density at radius 2 is 1.77 bits per heavy atom. The van der Waals surface area contributed by atoms with E-state index in [1.165, 1.54) is 23.1 Å². The molecular formula is C30H31ClFN5O3. The molecule has 0 saturated carbocycles. The van der Waals surface area contributed by atoms with Gasteiger partial charge in [0.25, 0.3) is 0 Å². The maximum Gasteiger partial charge on any atom is 0.322 e. The minimum Gasteiger partial charge on any atom is -0.497 e. The number of carbonyl (C=O) groups excluding carboxylic acids is 2. The number of urea groups is 1. The zero-order chi connectivity index (χ0) is 28.6. The quantitative estimate of drug-likeness (QED) is 0.219. The van der Waals surface area contributed by atoms with Crippen LogP contribution >= 0.6 is 11.6 Å². The van der Waals surface area contributed by atoms with Crippen LogP contribution in [-0.2, 0) is 4.79 Å². The summed E-state index contributed by atoms with van der Waals surface area (Å²) in [4.78, 5) is 28.0. The summed E-state index contributed by atoms with van der Waals surface area (Å²) in [7, 11) is 1.59. The van der Waals surface area contributed by atoms with Crippen LogP contribution in [0.2, 0.25) is 5.02 Å². The molecule has 10 heteroatoms. The molecule has 0 atom stereocenters. The first-order valence-corrected chi connectivity index (χ1v) is 13.3. The van der Waals surface area contributed by atoms with Crippen molar-refractivity contribution < 1.29 is 18.7 Å². The number of benzene rings is 3. The number of unbranched alkanes of at least 4 members (excludes halogenated alkanes) is 1. The van der Waals surface area contributed by atoms with Crippen LogP contribution in [0.3, 0.4) is 0 Å². The number of aryl methyl sites for hydroxylation is 1. The molecule has 1 aromatic heterocycles. The molecule has 0 unspecified atom stereocenters. The van der Waals surface area contributed by atoms with Crippen LogP contribution in [0.1, 0.15) is 25.5 Å². The summed E-state index contributed by atoms with van der Waals surface area (Å²) >= 11 is 5.87. The van der Waals surface area contributed by atoms with Gasteiger partial charge in [0.15, 0.2) is 0 Å². The number of ether oxygens (including phenoxy) is 1. The van der Waals surface area contributed by atoms with E-state index in [4.69, 9.17) is 21.4 Å². The molecule has 4 aromatic rings. The molecule has 3 amide bonds. The van der Waals surface area contributed by atoms with Crippen LogP contribution in [0.25, 0.3) is 16.8 Å². The molecule has 40 heavy (non-hydrogen) atoms. The predicted octanol–water partition coefficient (Wildman–Crippen LogP) is 6.92. The molecule has 0 aliphatic rings. The van der Waals surface area contributed by atoms with E-state index >= 15 is 0 Å². The van der Waals surface area contributed by atoms with Crippen molar-refractivity contribution >= 4 is 35.0 Å². The highest BCUT2D eigenvalue weighted by Gasteiger charge is 2.23. The van der Waals surface area contributed by atoms with Gasteiger partial charge in [-0.1, -0.05) is 55.3 Å². The van der Waals surface area contributed by atoms with E-state index in [0.717, 1.165) is 28.9 Å². The fourth-order valence-corrected chi connectivity index (χ4v) is 4.41. The minimum atomic E-state index is -0.583. The van der Waals surface area contributed by atoms with Crippen molar-refractivity contribution in [2.24, 2.45) is 0 Å². The second-order valence-electron chi connectivity index (χ2n) is 9.17. The maximum absolute atomic E-state index is 13.6. The smallest absolute Gasteiger partial charge is 0.322 e. The Labute approximate surface area is 237 Å². The Balaban J connectivity index is 1.62. The number of carbonyl (C=O) groups is 2. The van der Waals surface area contributed by atoms with Gasteiger partial charge in [-0.2, -0.15) is 5.10 Å². The van der Waals surface area contributed by atoms with Gasteiger partial charge in [0.05, 0.1) is 23.5 Å². The largest absolute Gasteiger partial charge is 0.497 e. The van der Waals surface area contributed by atoms with Gasteiger partial charge in [-0.3, -0.25) is 4.79 Å². The molecule has 0 bridgehead atoms. The Kier molecular flexibility index (Phi) is 9.39. The molecule has 0 radical (unpaired) electrons. The summed E-state index contributed by atoms with van der Waals surface area (Å²) in [6.07, 6.45) is 1.53. The molecule has 8 nitrogen and oxygen atoms in total. The van der Waals surface area contributed by atoms with Crippen molar-refractivity contribution in [1.29, 1.82) is 0 Å². The van der Waals surface area contributed by atoms with Gasteiger partial charge < -0.3 is 20.3 Å². The lowest BCUT2D eigenvalue weighted by Crippen LogP contribution is -2.41. The molecule has 4 rings (SSSR count). The average molecular weight is 564 g/mol. The van der Waals surface area contributed by atoms with Gasteiger partial charge in [-0.05, 0) is 61.4 Å². The second-order valence-corrected chi connectivity index (χ2v) is 9.57. The van der Waals surface area contributed by atoms with E-state index in [-0.39, 0.29) is 11.6 Å². The highest BCUT2D eigenvalue weighted by Crippen LogP contribution is 2.33. The van der Waals surface area contributed by atoms with E-state index < -0.39 is 17.8 Å². The predicted molar refractivity (Wildman–Crippen MR) is 156 cm³/mol. The van der Waals surface area contributed by atoms with E-state index in [2.05, 4.69) is 10.6 Å². The molecule has 0 spiro atoms. The summed E-state index contributed by atoms with van der Waals surface area (Å²) in [5.74, 6) is 0.205. The standard InChI is InChI=1S/C30H31ClFN5O3/c1-4-5-17-36(30(39)33-22-11-16-26(32)25(31)18-22)19-27(38)34-29-28(21-9-7-6-8-10-21)20(2)35-37(29)23-12-14-24(40-3)15-13-23/h6-16,18H,4-5,17,19H2,1-3H3,(H,33,39)(H,34,38). The average Bonchev–Trinajstić information content (AvgIpc) is 3.28. The van der Waals surface area contributed by atoms with E-state index in [1.807, 2.05) is 68.4 Å².